The van der Waals surface area contributed by atoms with Crippen LogP contribution in [0.25, 0.3) is 5.57 Å². The highest BCUT2D eigenvalue weighted by molar-refractivity contribution is 7.27. The number of likely N-dealkylation sites (tertiary alicyclic amines) is 1. The van der Waals surface area contributed by atoms with Crippen LogP contribution < -0.4 is 5.30 Å². The lowest BCUT2D eigenvalue weighted by Crippen LogP contribution is -2.45. The maximum Gasteiger partial charge on any atom is 0.254 e. The molecule has 1 aliphatic rings. The first-order chi connectivity index (χ1) is 15.8. The van der Waals surface area contributed by atoms with Crippen LogP contribution in [0.2, 0.25) is 0 Å². The smallest absolute Gasteiger partial charge is 0.254 e. The van der Waals surface area contributed by atoms with Crippen molar-refractivity contribution in [1.29, 1.82) is 5.26 Å². The summed E-state index contributed by atoms with van der Waals surface area (Å²) in [5.74, 6) is -0.669. The van der Waals surface area contributed by atoms with Crippen molar-refractivity contribution in [3.8, 4) is 6.07 Å². The Balaban J connectivity index is 1.86. The molecule has 170 valence electrons. The molecule has 0 spiro atoms. The van der Waals surface area contributed by atoms with Crippen LogP contribution in [-0.2, 0) is 4.79 Å². The molecule has 0 saturated carbocycles. The standard InChI is InChI=1S/C27H29FN3OP/c1-4-5-7-22(19(2)21-10-14-30-15-11-21)26(32)31-16-12-27(18-29,13-17-31)20(3)25-23(28)8-6-9-24(25)33/h4-11,14-15,20H,1,12-13,16-17,33H2,2-3H3/b7-5-,22-19-. The van der Waals surface area contributed by atoms with Gasteiger partial charge in [0.15, 0.2) is 0 Å². The van der Waals surface area contributed by atoms with E-state index in [2.05, 4.69) is 26.9 Å². The number of piperidine rings is 1. The van der Waals surface area contributed by atoms with Crippen LogP contribution >= 0.6 is 9.24 Å². The van der Waals surface area contributed by atoms with E-state index in [1.165, 1.54) is 6.07 Å². The third-order valence-corrected chi connectivity index (χ3v) is 7.16. The lowest BCUT2D eigenvalue weighted by atomic mass is 9.68. The second kappa shape index (κ2) is 10.7. The summed E-state index contributed by atoms with van der Waals surface area (Å²) in [4.78, 5) is 19.3. The molecule has 2 atom stereocenters. The van der Waals surface area contributed by atoms with Gasteiger partial charge < -0.3 is 4.90 Å². The number of carbonyl (C=O) groups excluding carboxylic acids is 1. The summed E-state index contributed by atoms with van der Waals surface area (Å²) >= 11 is 0. The van der Waals surface area contributed by atoms with Gasteiger partial charge in [-0.25, -0.2) is 4.39 Å². The fraction of sp³-hybridized carbons (Fsp3) is 0.296. The number of halogens is 1. The quantitative estimate of drug-likeness (QED) is 0.339. The lowest BCUT2D eigenvalue weighted by molar-refractivity contribution is -0.128. The number of amides is 1. The maximum absolute atomic E-state index is 14.6. The van der Waals surface area contributed by atoms with E-state index in [1.807, 2.05) is 32.0 Å². The Bertz CT molecular complexity index is 1110. The molecule has 2 aromatic rings. The van der Waals surface area contributed by atoms with Gasteiger partial charge in [0, 0.05) is 37.0 Å². The van der Waals surface area contributed by atoms with E-state index in [0.717, 1.165) is 16.4 Å². The van der Waals surface area contributed by atoms with Gasteiger partial charge in [-0.1, -0.05) is 37.8 Å². The number of rotatable bonds is 6. The molecule has 2 unspecified atom stereocenters. The van der Waals surface area contributed by atoms with E-state index in [1.54, 1.807) is 41.6 Å². The molecule has 2 heterocycles. The normalized spacial score (nSPS) is 17.2. The Morgan fingerprint density at radius 3 is 2.55 bits per heavy atom. The molecule has 1 saturated heterocycles. The first-order valence-corrected chi connectivity index (χ1v) is 11.6. The molecule has 6 heteroatoms. The number of hydrogen-bond donors (Lipinski definition) is 0. The predicted octanol–water partition coefficient (Wildman–Crippen LogP) is 5.17. The minimum Gasteiger partial charge on any atom is -0.339 e. The van der Waals surface area contributed by atoms with E-state index in [0.29, 0.717) is 37.1 Å². The van der Waals surface area contributed by atoms with Crippen LogP contribution in [0.5, 0.6) is 0 Å². The van der Waals surface area contributed by atoms with Crippen molar-refractivity contribution >= 4 is 26.0 Å². The number of nitriles is 1. The van der Waals surface area contributed by atoms with Gasteiger partial charge in [0.25, 0.3) is 5.91 Å². The molecule has 1 aromatic heterocycles. The molecule has 0 N–H and O–H groups in total. The Morgan fingerprint density at radius 2 is 1.97 bits per heavy atom. The fourth-order valence-corrected chi connectivity index (χ4v) is 4.99. The molecule has 33 heavy (non-hydrogen) atoms. The van der Waals surface area contributed by atoms with E-state index < -0.39 is 5.41 Å². The van der Waals surface area contributed by atoms with E-state index in [4.69, 9.17) is 0 Å². The second-order valence-electron chi connectivity index (χ2n) is 8.39. The fourth-order valence-electron chi connectivity index (χ4n) is 4.49. The molecule has 1 fully saturated rings. The number of aromatic nitrogens is 1. The van der Waals surface area contributed by atoms with Crippen molar-refractivity contribution < 1.29 is 9.18 Å². The maximum atomic E-state index is 14.6. The molecule has 1 amide bonds. The molecule has 1 aliphatic heterocycles. The molecule has 0 aliphatic carbocycles. The van der Waals surface area contributed by atoms with E-state index in [9.17, 15) is 14.4 Å². The van der Waals surface area contributed by atoms with Crippen LogP contribution in [0.15, 0.2) is 73.1 Å². The number of pyridine rings is 1. The predicted molar refractivity (Wildman–Crippen MR) is 134 cm³/mol. The van der Waals surface area contributed by atoms with Gasteiger partial charge in [-0.05, 0) is 66.0 Å². The van der Waals surface area contributed by atoms with Crippen molar-refractivity contribution in [2.45, 2.75) is 32.6 Å². The van der Waals surface area contributed by atoms with Gasteiger partial charge in [-0.2, -0.15) is 5.26 Å². The zero-order chi connectivity index (χ0) is 24.0. The summed E-state index contributed by atoms with van der Waals surface area (Å²) in [7, 11) is 2.57. The third-order valence-electron chi connectivity index (χ3n) is 6.66. The first-order valence-electron chi connectivity index (χ1n) is 11.0. The monoisotopic (exact) mass is 461 g/mol. The Hall–Kier alpha value is -3.09. The third kappa shape index (κ3) is 5.13. The second-order valence-corrected chi connectivity index (χ2v) is 9.02. The first kappa shape index (κ1) is 24.6. The number of benzene rings is 1. The molecular formula is C27H29FN3OP. The minimum absolute atomic E-state index is 0.0840. The van der Waals surface area contributed by atoms with Gasteiger partial charge in [-0.3, -0.25) is 9.78 Å². The summed E-state index contributed by atoms with van der Waals surface area (Å²) in [5.41, 5.74) is 2.19. The summed E-state index contributed by atoms with van der Waals surface area (Å²) in [6.07, 6.45) is 9.54. The van der Waals surface area contributed by atoms with Crippen LogP contribution in [-0.4, -0.2) is 28.9 Å². The van der Waals surface area contributed by atoms with Crippen molar-refractivity contribution in [3.63, 3.8) is 0 Å². The summed E-state index contributed by atoms with van der Waals surface area (Å²) in [5, 5.41) is 10.9. The van der Waals surface area contributed by atoms with Crippen molar-refractivity contribution in [2.24, 2.45) is 5.41 Å². The number of nitrogens with zero attached hydrogens (tertiary/aromatic N) is 3. The zero-order valence-electron chi connectivity index (χ0n) is 19.1. The van der Waals surface area contributed by atoms with Crippen LogP contribution in [0.3, 0.4) is 0 Å². The number of allylic oxidation sites excluding steroid dienone is 3. The van der Waals surface area contributed by atoms with E-state index >= 15 is 0 Å². The van der Waals surface area contributed by atoms with Gasteiger partial charge in [0.1, 0.15) is 5.82 Å². The van der Waals surface area contributed by atoms with E-state index in [-0.39, 0.29) is 17.6 Å². The average Bonchev–Trinajstić information content (AvgIpc) is 2.84. The summed E-state index contributed by atoms with van der Waals surface area (Å²) in [6.45, 7) is 8.42. The average molecular weight is 462 g/mol. The molecule has 1 aromatic carbocycles. The molecule has 3 rings (SSSR count). The molecule has 4 nitrogen and oxygen atoms in total. The number of carbonyl (C=O) groups is 1. The Kier molecular flexibility index (Phi) is 7.95. The van der Waals surface area contributed by atoms with Crippen LogP contribution in [0, 0.1) is 22.6 Å². The Morgan fingerprint density at radius 1 is 1.30 bits per heavy atom. The highest BCUT2D eigenvalue weighted by atomic mass is 31.0. The molecule has 0 bridgehead atoms. The molecular weight excluding hydrogens is 432 g/mol. The highest BCUT2D eigenvalue weighted by Crippen LogP contribution is 2.44. The summed E-state index contributed by atoms with van der Waals surface area (Å²) in [6, 6.07) is 11.2. The van der Waals surface area contributed by atoms with Crippen molar-refractivity contribution in [2.75, 3.05) is 13.1 Å². The topological polar surface area (TPSA) is 57.0 Å². The SMILES string of the molecule is C=C/C=C\C(C(=O)N1CCC(C#N)(C(C)c2c(F)cccc2P)CC1)=C(/C)c1ccncc1. The number of hydrogen-bond acceptors (Lipinski definition) is 3. The van der Waals surface area contributed by atoms with Crippen molar-refractivity contribution in [3.05, 3.63) is 90.0 Å². The lowest BCUT2D eigenvalue weighted by Gasteiger charge is -2.41. The minimum atomic E-state index is -0.731. The van der Waals surface area contributed by atoms with Gasteiger partial charge in [0.2, 0.25) is 0 Å². The molecule has 0 radical (unpaired) electrons. The highest BCUT2D eigenvalue weighted by Gasteiger charge is 2.43. The van der Waals surface area contributed by atoms with Crippen molar-refractivity contribution in [1.82, 2.24) is 9.88 Å². The van der Waals surface area contributed by atoms with Gasteiger partial charge >= 0.3 is 0 Å². The summed E-state index contributed by atoms with van der Waals surface area (Å²) < 4.78 is 14.6. The van der Waals surface area contributed by atoms with Gasteiger partial charge in [-0.15, -0.1) is 9.24 Å². The Labute approximate surface area is 197 Å². The van der Waals surface area contributed by atoms with Crippen LogP contribution in [0.1, 0.15) is 43.7 Å². The van der Waals surface area contributed by atoms with Gasteiger partial charge in [0.05, 0.1) is 11.5 Å². The zero-order valence-corrected chi connectivity index (χ0v) is 20.2. The van der Waals surface area contributed by atoms with Crippen LogP contribution in [0.4, 0.5) is 4.39 Å². The largest absolute Gasteiger partial charge is 0.339 e.